The number of hydrogen-bond donors (Lipinski definition) is 0. The van der Waals surface area contributed by atoms with Crippen LogP contribution < -0.4 is 5.56 Å². The van der Waals surface area contributed by atoms with Crippen molar-refractivity contribution in [3.05, 3.63) is 76.0 Å². The smallest absolute Gasteiger partial charge is 0.267 e. The zero-order valence-electron chi connectivity index (χ0n) is 16.0. The molecule has 0 aliphatic heterocycles. The molecule has 0 saturated heterocycles. The summed E-state index contributed by atoms with van der Waals surface area (Å²) in [7, 11) is 1.69. The van der Waals surface area contributed by atoms with Crippen LogP contribution in [0.1, 0.15) is 29.9 Å². The van der Waals surface area contributed by atoms with Gasteiger partial charge in [-0.05, 0) is 38.5 Å². The number of furan rings is 1. The number of nitrogens with zero attached hydrogens (tertiary/aromatic N) is 3. The van der Waals surface area contributed by atoms with E-state index in [4.69, 9.17) is 4.42 Å². The zero-order chi connectivity index (χ0) is 19.6. The van der Waals surface area contributed by atoms with Gasteiger partial charge in [-0.25, -0.2) is 4.68 Å². The van der Waals surface area contributed by atoms with Gasteiger partial charge in [-0.1, -0.05) is 29.8 Å². The Kier molecular flexibility index (Phi) is 5.26. The van der Waals surface area contributed by atoms with Crippen LogP contribution in [0.2, 0.25) is 0 Å². The normalized spacial score (nSPS) is 12.0. The quantitative estimate of drug-likeness (QED) is 0.695. The predicted molar refractivity (Wildman–Crippen MR) is 103 cm³/mol. The second-order valence-corrected chi connectivity index (χ2v) is 6.73. The molecule has 0 radical (unpaired) electrons. The Bertz CT molecular complexity index is 989. The maximum absolute atomic E-state index is 12.7. The van der Waals surface area contributed by atoms with Crippen LogP contribution in [0.25, 0.3) is 11.3 Å². The number of aromatic nitrogens is 2. The van der Waals surface area contributed by atoms with Crippen molar-refractivity contribution in [3.8, 4) is 11.3 Å². The minimum absolute atomic E-state index is 0.125. The highest BCUT2D eigenvalue weighted by Gasteiger charge is 2.21. The van der Waals surface area contributed by atoms with Gasteiger partial charge in [0.15, 0.2) is 0 Å². The Morgan fingerprint density at radius 3 is 2.56 bits per heavy atom. The van der Waals surface area contributed by atoms with Crippen LogP contribution in [0, 0.1) is 13.8 Å². The monoisotopic (exact) mass is 365 g/mol. The van der Waals surface area contributed by atoms with Gasteiger partial charge in [0.25, 0.3) is 5.56 Å². The summed E-state index contributed by atoms with van der Waals surface area (Å²) in [5.41, 5.74) is 3.25. The number of carbonyl (C=O) groups is 1. The molecule has 2 heterocycles. The fraction of sp³-hybridized carbons (Fsp3) is 0.286. The van der Waals surface area contributed by atoms with Crippen LogP contribution in [-0.4, -0.2) is 27.6 Å². The Labute approximate surface area is 158 Å². The Morgan fingerprint density at radius 2 is 1.93 bits per heavy atom. The van der Waals surface area contributed by atoms with Gasteiger partial charge in [0, 0.05) is 18.7 Å². The molecule has 27 heavy (non-hydrogen) atoms. The second kappa shape index (κ2) is 7.61. The number of benzene rings is 1. The molecule has 1 atom stereocenters. The highest BCUT2D eigenvalue weighted by atomic mass is 16.3. The number of hydrogen-bond acceptors (Lipinski definition) is 4. The molecular formula is C21H23N3O3. The van der Waals surface area contributed by atoms with Crippen LogP contribution in [-0.2, 0) is 11.3 Å². The van der Waals surface area contributed by atoms with Gasteiger partial charge in [-0.3, -0.25) is 9.59 Å². The molecule has 1 amide bonds. The molecule has 0 aliphatic rings. The molecule has 0 fully saturated rings. The van der Waals surface area contributed by atoms with Crippen LogP contribution in [0.15, 0.2) is 57.9 Å². The molecule has 3 rings (SSSR count). The van der Waals surface area contributed by atoms with E-state index in [9.17, 15) is 9.59 Å². The van der Waals surface area contributed by atoms with Crippen molar-refractivity contribution in [1.29, 1.82) is 0 Å². The lowest BCUT2D eigenvalue weighted by molar-refractivity contribution is -0.133. The number of carbonyl (C=O) groups excluding carboxylic acids is 1. The lowest BCUT2D eigenvalue weighted by atomic mass is 10.1. The van der Waals surface area contributed by atoms with Crippen LogP contribution in [0.5, 0.6) is 0 Å². The van der Waals surface area contributed by atoms with Gasteiger partial charge in [-0.2, -0.15) is 5.10 Å². The predicted octanol–water partition coefficient (Wildman–Crippen LogP) is 3.34. The van der Waals surface area contributed by atoms with Crippen molar-refractivity contribution < 1.29 is 9.21 Å². The zero-order valence-corrected chi connectivity index (χ0v) is 16.0. The van der Waals surface area contributed by atoms with Crippen LogP contribution in [0.3, 0.4) is 0 Å². The maximum Gasteiger partial charge on any atom is 0.267 e. The average Bonchev–Trinajstić information content (AvgIpc) is 3.18. The number of likely N-dealkylation sites (N-methyl/N-ethyl adjacent to an activating group) is 1. The number of aryl methyl sites for hydroxylation is 2. The number of rotatable bonds is 5. The van der Waals surface area contributed by atoms with Gasteiger partial charge in [0.2, 0.25) is 5.91 Å². The van der Waals surface area contributed by atoms with Gasteiger partial charge in [-0.15, -0.1) is 0 Å². The standard InChI is InChI=1S/C21H23N3O3/c1-14-7-9-17(10-8-14)21-15(2)12-19(25)24(22-21)13-20(26)23(4)16(3)18-6-5-11-27-18/h5-12,16H,13H2,1-4H3. The summed E-state index contributed by atoms with van der Waals surface area (Å²) in [4.78, 5) is 26.6. The van der Waals surface area contributed by atoms with Gasteiger partial charge >= 0.3 is 0 Å². The van der Waals surface area contributed by atoms with E-state index in [2.05, 4.69) is 5.10 Å². The van der Waals surface area contributed by atoms with Gasteiger partial charge < -0.3 is 9.32 Å². The molecule has 3 aromatic rings. The fourth-order valence-corrected chi connectivity index (χ4v) is 2.86. The summed E-state index contributed by atoms with van der Waals surface area (Å²) < 4.78 is 6.58. The van der Waals surface area contributed by atoms with Crippen molar-refractivity contribution in [3.63, 3.8) is 0 Å². The summed E-state index contributed by atoms with van der Waals surface area (Å²) in [6.07, 6.45) is 1.57. The lowest BCUT2D eigenvalue weighted by Gasteiger charge is -2.23. The van der Waals surface area contributed by atoms with E-state index < -0.39 is 0 Å². The molecule has 0 bridgehead atoms. The highest BCUT2D eigenvalue weighted by Crippen LogP contribution is 2.21. The first-order valence-corrected chi connectivity index (χ1v) is 8.81. The van der Waals surface area contributed by atoms with Crippen molar-refractivity contribution in [1.82, 2.24) is 14.7 Å². The van der Waals surface area contributed by atoms with Crippen LogP contribution in [0.4, 0.5) is 0 Å². The summed E-state index contributed by atoms with van der Waals surface area (Å²) in [6, 6.07) is 12.8. The molecule has 6 nitrogen and oxygen atoms in total. The molecule has 1 unspecified atom stereocenters. The molecular weight excluding hydrogens is 342 g/mol. The third-order valence-corrected chi connectivity index (χ3v) is 4.73. The first kappa shape index (κ1) is 18.6. The first-order chi connectivity index (χ1) is 12.9. The van der Waals surface area contributed by atoms with Gasteiger partial charge in [0.05, 0.1) is 18.0 Å². The van der Waals surface area contributed by atoms with E-state index in [1.54, 1.807) is 24.3 Å². The molecule has 0 aliphatic carbocycles. The van der Waals surface area contributed by atoms with Crippen LogP contribution >= 0.6 is 0 Å². The minimum atomic E-state index is -0.296. The third kappa shape index (κ3) is 4.00. The number of amides is 1. The molecule has 140 valence electrons. The summed E-state index contributed by atoms with van der Waals surface area (Å²) in [5.74, 6) is 0.475. The summed E-state index contributed by atoms with van der Waals surface area (Å²) in [5, 5.41) is 4.45. The molecule has 0 saturated carbocycles. The largest absolute Gasteiger partial charge is 0.467 e. The second-order valence-electron chi connectivity index (χ2n) is 6.73. The van der Waals surface area contributed by atoms with E-state index in [0.29, 0.717) is 11.5 Å². The minimum Gasteiger partial charge on any atom is -0.467 e. The Hall–Kier alpha value is -3.15. The van der Waals surface area contributed by atoms with Crippen molar-refractivity contribution >= 4 is 5.91 Å². The van der Waals surface area contributed by atoms with E-state index in [1.807, 2.05) is 51.1 Å². The first-order valence-electron chi connectivity index (χ1n) is 8.81. The van der Waals surface area contributed by atoms with Gasteiger partial charge in [0.1, 0.15) is 12.3 Å². The van der Waals surface area contributed by atoms with E-state index >= 15 is 0 Å². The molecule has 1 aromatic carbocycles. The Morgan fingerprint density at radius 1 is 1.22 bits per heavy atom. The SMILES string of the molecule is Cc1ccc(-c2nn(CC(=O)N(C)C(C)c3ccco3)c(=O)cc2C)cc1. The highest BCUT2D eigenvalue weighted by molar-refractivity contribution is 5.76. The summed E-state index contributed by atoms with van der Waals surface area (Å²) in [6.45, 7) is 5.61. The van der Waals surface area contributed by atoms with Crippen molar-refractivity contribution in [2.45, 2.75) is 33.4 Å². The van der Waals surface area contributed by atoms with Crippen molar-refractivity contribution in [2.24, 2.45) is 0 Å². The van der Waals surface area contributed by atoms with Crippen molar-refractivity contribution in [2.75, 3.05) is 7.05 Å². The summed E-state index contributed by atoms with van der Waals surface area (Å²) >= 11 is 0. The maximum atomic E-state index is 12.7. The molecule has 2 aromatic heterocycles. The lowest BCUT2D eigenvalue weighted by Crippen LogP contribution is -2.36. The Balaban J connectivity index is 1.86. The fourth-order valence-electron chi connectivity index (χ4n) is 2.86. The topological polar surface area (TPSA) is 68.3 Å². The molecule has 6 heteroatoms. The van der Waals surface area contributed by atoms with E-state index in [1.165, 1.54) is 10.7 Å². The van der Waals surface area contributed by atoms with E-state index in [-0.39, 0.29) is 24.1 Å². The average molecular weight is 365 g/mol. The van der Waals surface area contributed by atoms with E-state index in [0.717, 1.165) is 16.7 Å². The molecule has 0 spiro atoms. The molecule has 0 N–H and O–H groups in total. The third-order valence-electron chi connectivity index (χ3n) is 4.73.